The number of pyridine rings is 1. The van der Waals surface area contributed by atoms with Crippen molar-refractivity contribution in [1.29, 1.82) is 0 Å². The molecule has 0 saturated carbocycles. The van der Waals surface area contributed by atoms with E-state index in [-0.39, 0.29) is 11.9 Å². The van der Waals surface area contributed by atoms with E-state index in [1.807, 2.05) is 13.8 Å². The predicted octanol–water partition coefficient (Wildman–Crippen LogP) is 2.84. The Labute approximate surface area is 142 Å². The van der Waals surface area contributed by atoms with E-state index in [4.69, 9.17) is 4.74 Å². The van der Waals surface area contributed by atoms with Crippen LogP contribution in [0.3, 0.4) is 0 Å². The predicted molar refractivity (Wildman–Crippen MR) is 81.3 cm³/mol. The zero-order valence-corrected chi connectivity index (χ0v) is 14.6. The Morgan fingerprint density at radius 1 is 1.36 bits per heavy atom. The van der Waals surface area contributed by atoms with Crippen LogP contribution >= 0.6 is 0 Å². The number of ether oxygens (including phenoxy) is 1. The smallest absolute Gasteiger partial charge is 0.375 e. The second-order valence-electron chi connectivity index (χ2n) is 6.30. The number of nitrogens with zero attached hydrogens (tertiary/aromatic N) is 2. The van der Waals surface area contributed by atoms with Crippen molar-refractivity contribution >= 4 is 15.9 Å². The molecule has 0 bridgehead atoms. The highest BCUT2D eigenvalue weighted by atomic mass is 32.2. The van der Waals surface area contributed by atoms with Crippen LogP contribution in [-0.2, 0) is 14.9 Å². The van der Waals surface area contributed by atoms with Crippen LogP contribution in [0.2, 0.25) is 0 Å². The van der Waals surface area contributed by atoms with E-state index in [1.165, 1.54) is 11.9 Å². The number of halogens is 4. The van der Waals surface area contributed by atoms with Gasteiger partial charge in [0.05, 0.1) is 5.60 Å². The average Bonchev–Trinajstić information content (AvgIpc) is 2.46. The molecule has 1 fully saturated rings. The highest BCUT2D eigenvalue weighted by Crippen LogP contribution is 2.32. The molecule has 0 aliphatic carbocycles. The maximum absolute atomic E-state index is 14.1. The largest absolute Gasteiger partial charge is 0.534 e. The van der Waals surface area contributed by atoms with Gasteiger partial charge in [-0.25, -0.2) is 4.39 Å². The number of alkyl halides is 3. The maximum Gasteiger partial charge on any atom is 0.534 e. The van der Waals surface area contributed by atoms with Crippen LogP contribution in [0.15, 0.2) is 12.1 Å². The second kappa shape index (κ2) is 6.60. The molecule has 0 N–H and O–H groups in total. The highest BCUT2D eigenvalue weighted by molar-refractivity contribution is 7.87. The van der Waals surface area contributed by atoms with Gasteiger partial charge in [0.25, 0.3) is 0 Å². The zero-order chi connectivity index (χ0) is 19.0. The molecule has 1 aliphatic rings. The van der Waals surface area contributed by atoms with Crippen molar-refractivity contribution in [2.45, 2.75) is 43.8 Å². The summed E-state index contributed by atoms with van der Waals surface area (Å²) in [5, 5.41) is 0. The number of rotatable bonds is 4. The molecule has 1 aromatic rings. The molecule has 1 atom stereocenters. The van der Waals surface area contributed by atoms with E-state index in [9.17, 15) is 26.0 Å². The van der Waals surface area contributed by atoms with Crippen molar-refractivity contribution in [2.24, 2.45) is 0 Å². The Morgan fingerprint density at radius 2 is 2.00 bits per heavy atom. The van der Waals surface area contributed by atoms with Crippen molar-refractivity contribution in [3.05, 3.63) is 17.9 Å². The minimum Gasteiger partial charge on any atom is -0.375 e. The molecule has 1 aromatic heterocycles. The monoisotopic (exact) mass is 386 g/mol. The Kier molecular flexibility index (Phi) is 5.20. The maximum atomic E-state index is 14.1. The van der Waals surface area contributed by atoms with Gasteiger partial charge in [-0.3, -0.25) is 0 Å². The van der Waals surface area contributed by atoms with Crippen LogP contribution in [0.5, 0.6) is 5.88 Å². The minimum absolute atomic E-state index is 0.180. The first-order valence-electron chi connectivity index (χ1n) is 7.36. The number of hydrogen-bond acceptors (Lipinski definition) is 6. The van der Waals surface area contributed by atoms with Gasteiger partial charge in [-0.15, -0.1) is 0 Å². The molecule has 25 heavy (non-hydrogen) atoms. The molecular formula is C14H18F4N2O4S. The fourth-order valence-electron chi connectivity index (χ4n) is 2.57. The molecule has 0 aromatic carbocycles. The van der Waals surface area contributed by atoms with Crippen molar-refractivity contribution in [1.82, 2.24) is 4.98 Å². The van der Waals surface area contributed by atoms with Gasteiger partial charge in [0.1, 0.15) is 0 Å². The summed E-state index contributed by atoms with van der Waals surface area (Å²) < 4.78 is 82.9. The molecule has 2 heterocycles. The topological polar surface area (TPSA) is 68.7 Å². The van der Waals surface area contributed by atoms with E-state index in [0.717, 1.165) is 12.1 Å². The molecule has 1 aliphatic heterocycles. The van der Waals surface area contributed by atoms with Crippen LogP contribution in [0.1, 0.15) is 26.7 Å². The standard InChI is InChI=1S/C14H18F4N2O4S/c1-13(2)8-9(6-7-23-13)20(3)12-10(15)4-5-11(19-12)24-25(21,22)14(16,17)18/h4-5,9H,6-8H2,1-3H3. The van der Waals surface area contributed by atoms with Gasteiger partial charge >= 0.3 is 15.6 Å². The van der Waals surface area contributed by atoms with Gasteiger partial charge in [-0.05, 0) is 32.8 Å². The summed E-state index contributed by atoms with van der Waals surface area (Å²) in [6.07, 6.45) is 1.10. The van der Waals surface area contributed by atoms with Crippen molar-refractivity contribution < 1.29 is 34.9 Å². The van der Waals surface area contributed by atoms with E-state index in [2.05, 4.69) is 9.17 Å². The third-order valence-corrected chi connectivity index (χ3v) is 4.79. The first-order chi connectivity index (χ1) is 11.3. The molecule has 0 amide bonds. The van der Waals surface area contributed by atoms with E-state index < -0.39 is 32.9 Å². The summed E-state index contributed by atoms with van der Waals surface area (Å²) in [6.45, 7) is 4.17. The van der Waals surface area contributed by atoms with E-state index >= 15 is 0 Å². The number of aromatic nitrogens is 1. The van der Waals surface area contributed by atoms with Crippen LogP contribution in [-0.4, -0.2) is 44.2 Å². The first-order valence-corrected chi connectivity index (χ1v) is 8.77. The van der Waals surface area contributed by atoms with Crippen molar-refractivity contribution in [3.63, 3.8) is 0 Å². The lowest BCUT2D eigenvalue weighted by molar-refractivity contribution is -0.0585. The highest BCUT2D eigenvalue weighted by Gasteiger charge is 2.49. The Bertz CT molecular complexity index is 737. The van der Waals surface area contributed by atoms with Gasteiger partial charge in [0, 0.05) is 25.8 Å². The summed E-state index contributed by atoms with van der Waals surface area (Å²) in [7, 11) is -4.35. The number of hydrogen-bond donors (Lipinski definition) is 0. The quantitative estimate of drug-likeness (QED) is 0.450. The van der Waals surface area contributed by atoms with Gasteiger partial charge in [0.15, 0.2) is 11.6 Å². The molecule has 2 rings (SSSR count). The Balaban J connectivity index is 2.27. The molecule has 1 unspecified atom stereocenters. The molecule has 142 valence electrons. The summed E-state index contributed by atoms with van der Waals surface area (Å²) in [5.41, 5.74) is -6.04. The normalized spacial score (nSPS) is 21.0. The van der Waals surface area contributed by atoms with Crippen molar-refractivity contribution in [3.8, 4) is 5.88 Å². The fraction of sp³-hybridized carbons (Fsp3) is 0.643. The molecular weight excluding hydrogens is 368 g/mol. The zero-order valence-electron chi connectivity index (χ0n) is 13.8. The average molecular weight is 386 g/mol. The Morgan fingerprint density at radius 3 is 2.56 bits per heavy atom. The summed E-state index contributed by atoms with van der Waals surface area (Å²) in [6, 6.07) is 1.36. The Hall–Kier alpha value is -1.62. The second-order valence-corrected chi connectivity index (χ2v) is 7.84. The van der Waals surface area contributed by atoms with E-state index in [1.54, 1.807) is 0 Å². The third-order valence-electron chi connectivity index (χ3n) is 3.83. The van der Waals surface area contributed by atoms with Crippen molar-refractivity contribution in [2.75, 3.05) is 18.6 Å². The molecule has 11 heteroatoms. The SMILES string of the molecule is CN(c1nc(OS(=O)(=O)C(F)(F)F)ccc1F)C1CCOC(C)(C)C1. The lowest BCUT2D eigenvalue weighted by Gasteiger charge is -2.40. The molecule has 0 spiro atoms. The third kappa shape index (κ3) is 4.51. The van der Waals surface area contributed by atoms with Gasteiger partial charge in [-0.1, -0.05) is 0 Å². The minimum atomic E-state index is -5.87. The van der Waals surface area contributed by atoms with E-state index in [0.29, 0.717) is 19.4 Å². The van der Waals surface area contributed by atoms with Gasteiger partial charge in [0.2, 0.25) is 5.88 Å². The molecule has 1 saturated heterocycles. The summed E-state index contributed by atoms with van der Waals surface area (Å²) in [5.74, 6) is -1.95. The van der Waals surface area contributed by atoms with Gasteiger partial charge in [-0.2, -0.15) is 26.6 Å². The van der Waals surface area contributed by atoms with Crippen LogP contribution in [0.25, 0.3) is 0 Å². The van der Waals surface area contributed by atoms with Crippen LogP contribution in [0.4, 0.5) is 23.4 Å². The summed E-state index contributed by atoms with van der Waals surface area (Å²) >= 11 is 0. The first kappa shape index (κ1) is 19.7. The summed E-state index contributed by atoms with van der Waals surface area (Å²) in [4.78, 5) is 5.05. The fourth-order valence-corrected chi connectivity index (χ4v) is 2.98. The lowest BCUT2D eigenvalue weighted by atomic mass is 9.93. The number of anilines is 1. The van der Waals surface area contributed by atoms with Gasteiger partial charge < -0.3 is 13.8 Å². The van der Waals surface area contributed by atoms with Crippen LogP contribution in [0, 0.1) is 5.82 Å². The molecule has 6 nitrogen and oxygen atoms in total. The molecule has 0 radical (unpaired) electrons. The van der Waals surface area contributed by atoms with Crippen LogP contribution < -0.4 is 9.08 Å². The lowest BCUT2D eigenvalue weighted by Crippen LogP contribution is -2.45.